The van der Waals surface area contributed by atoms with E-state index in [2.05, 4.69) is 5.32 Å². The minimum Gasteiger partial charge on any atom is -0.508 e. The smallest absolute Gasteiger partial charge is 0.257 e. The van der Waals surface area contributed by atoms with Crippen LogP contribution in [-0.4, -0.2) is 17.1 Å². The Morgan fingerprint density at radius 2 is 1.80 bits per heavy atom. The molecule has 0 bridgehead atoms. The first-order valence-electron chi connectivity index (χ1n) is 4.40. The lowest BCUT2D eigenvalue weighted by Gasteiger charge is -2.09. The van der Waals surface area contributed by atoms with E-state index in [4.69, 9.17) is 5.11 Å². The van der Waals surface area contributed by atoms with E-state index in [0.717, 1.165) is 0 Å². The molecular formula is C10H11F2NO2. The summed E-state index contributed by atoms with van der Waals surface area (Å²) in [5.41, 5.74) is -0.679. The summed E-state index contributed by atoms with van der Waals surface area (Å²) in [6.07, 6.45) is 0. The summed E-state index contributed by atoms with van der Waals surface area (Å²) in [6, 6.07) is 1.17. The summed E-state index contributed by atoms with van der Waals surface area (Å²) in [6.45, 7) is 3.35. The highest BCUT2D eigenvalue weighted by Gasteiger charge is 2.18. The topological polar surface area (TPSA) is 49.3 Å². The second kappa shape index (κ2) is 4.25. The highest BCUT2D eigenvalue weighted by atomic mass is 19.1. The third-order valence-electron chi connectivity index (χ3n) is 1.67. The molecule has 1 aromatic rings. The Balaban J connectivity index is 3.09. The molecule has 3 nitrogen and oxygen atoms in total. The number of amides is 1. The first kappa shape index (κ1) is 11.4. The van der Waals surface area contributed by atoms with Crippen LogP contribution in [0.3, 0.4) is 0 Å². The van der Waals surface area contributed by atoms with Crippen molar-refractivity contribution in [1.82, 2.24) is 5.32 Å². The number of hydrogen-bond donors (Lipinski definition) is 2. The minimum atomic E-state index is -1.08. The number of hydrogen-bond acceptors (Lipinski definition) is 2. The second-order valence-corrected chi connectivity index (χ2v) is 3.41. The Bertz CT molecular complexity index is 368. The summed E-state index contributed by atoms with van der Waals surface area (Å²) in [5, 5.41) is 11.2. The molecule has 1 amide bonds. The molecule has 0 saturated heterocycles. The molecule has 0 heterocycles. The zero-order valence-corrected chi connectivity index (χ0v) is 8.34. The molecule has 2 N–H and O–H groups in total. The molecule has 0 aliphatic heterocycles. The monoisotopic (exact) mass is 215 g/mol. The average molecular weight is 215 g/mol. The number of halogens is 2. The SMILES string of the molecule is CC(C)NC(=O)c1c(F)cc(O)cc1F. The Hall–Kier alpha value is -1.65. The van der Waals surface area contributed by atoms with Gasteiger partial charge >= 0.3 is 0 Å². The second-order valence-electron chi connectivity index (χ2n) is 3.41. The van der Waals surface area contributed by atoms with Gasteiger partial charge < -0.3 is 10.4 Å². The molecule has 0 fully saturated rings. The largest absolute Gasteiger partial charge is 0.508 e. The Morgan fingerprint density at radius 3 is 2.20 bits per heavy atom. The molecule has 0 aromatic heterocycles. The van der Waals surface area contributed by atoms with E-state index in [1.807, 2.05) is 0 Å². The Labute approximate surface area is 85.7 Å². The van der Waals surface area contributed by atoms with Crippen molar-refractivity contribution in [3.05, 3.63) is 29.3 Å². The number of rotatable bonds is 2. The lowest BCUT2D eigenvalue weighted by molar-refractivity contribution is 0.0934. The molecule has 0 aliphatic rings. The van der Waals surface area contributed by atoms with E-state index in [9.17, 15) is 13.6 Å². The quantitative estimate of drug-likeness (QED) is 0.790. The van der Waals surface area contributed by atoms with E-state index in [1.54, 1.807) is 13.8 Å². The van der Waals surface area contributed by atoms with Gasteiger partial charge in [-0.3, -0.25) is 4.79 Å². The minimum absolute atomic E-state index is 0.217. The van der Waals surface area contributed by atoms with Crippen molar-refractivity contribution in [2.75, 3.05) is 0 Å². The van der Waals surface area contributed by atoms with Crippen molar-refractivity contribution in [3.63, 3.8) is 0 Å². The molecular weight excluding hydrogens is 204 g/mol. The fraction of sp³-hybridized carbons (Fsp3) is 0.300. The fourth-order valence-corrected chi connectivity index (χ4v) is 1.11. The number of nitrogens with one attached hydrogen (secondary N) is 1. The highest BCUT2D eigenvalue weighted by Crippen LogP contribution is 2.19. The van der Waals surface area contributed by atoms with Crippen LogP contribution in [0.25, 0.3) is 0 Å². The van der Waals surface area contributed by atoms with Crippen LogP contribution < -0.4 is 5.32 Å². The maximum absolute atomic E-state index is 13.2. The summed E-state index contributed by atoms with van der Waals surface area (Å²) < 4.78 is 26.3. The first-order chi connectivity index (χ1) is 6.91. The molecule has 0 aliphatic carbocycles. The lowest BCUT2D eigenvalue weighted by atomic mass is 10.1. The van der Waals surface area contributed by atoms with Gasteiger partial charge in [-0.25, -0.2) is 8.78 Å². The third-order valence-corrected chi connectivity index (χ3v) is 1.67. The number of phenols is 1. The third kappa shape index (κ3) is 2.65. The van der Waals surface area contributed by atoms with Gasteiger partial charge in [0.25, 0.3) is 5.91 Å². The van der Waals surface area contributed by atoms with Gasteiger partial charge in [0.2, 0.25) is 0 Å². The van der Waals surface area contributed by atoms with Crippen LogP contribution >= 0.6 is 0 Å². The number of benzene rings is 1. The van der Waals surface area contributed by atoms with Gasteiger partial charge in [-0.05, 0) is 13.8 Å². The van der Waals surface area contributed by atoms with Crippen molar-refractivity contribution in [1.29, 1.82) is 0 Å². The van der Waals surface area contributed by atoms with E-state index >= 15 is 0 Å². The standard InChI is InChI=1S/C10H11F2NO2/c1-5(2)13-10(15)9-7(11)3-6(14)4-8(9)12/h3-5,14H,1-2H3,(H,13,15). The van der Waals surface area contributed by atoms with Crippen LogP contribution in [0.2, 0.25) is 0 Å². The van der Waals surface area contributed by atoms with Crippen molar-refractivity contribution in [2.24, 2.45) is 0 Å². The summed E-state index contributed by atoms with van der Waals surface area (Å²) in [7, 11) is 0. The van der Waals surface area contributed by atoms with Crippen LogP contribution in [0, 0.1) is 11.6 Å². The van der Waals surface area contributed by atoms with Crippen LogP contribution in [0.15, 0.2) is 12.1 Å². The maximum atomic E-state index is 13.2. The first-order valence-corrected chi connectivity index (χ1v) is 4.40. The van der Waals surface area contributed by atoms with Crippen molar-refractivity contribution in [3.8, 4) is 5.75 Å². The Kier molecular flexibility index (Phi) is 3.24. The zero-order valence-electron chi connectivity index (χ0n) is 8.34. The number of phenolic OH excluding ortho intramolecular Hbond substituents is 1. The number of carbonyl (C=O) groups excluding carboxylic acids is 1. The molecule has 0 radical (unpaired) electrons. The lowest BCUT2D eigenvalue weighted by Crippen LogP contribution is -2.31. The molecule has 1 rings (SSSR count). The summed E-state index contributed by atoms with van der Waals surface area (Å²) >= 11 is 0. The van der Waals surface area contributed by atoms with E-state index in [-0.39, 0.29) is 6.04 Å². The van der Waals surface area contributed by atoms with Crippen molar-refractivity contribution >= 4 is 5.91 Å². The molecule has 0 unspecified atom stereocenters. The normalized spacial score (nSPS) is 10.5. The van der Waals surface area contributed by atoms with Gasteiger partial charge in [0, 0.05) is 18.2 Å². The van der Waals surface area contributed by atoms with Gasteiger partial charge in [0.05, 0.1) is 0 Å². The van der Waals surface area contributed by atoms with Crippen molar-refractivity contribution in [2.45, 2.75) is 19.9 Å². The molecule has 15 heavy (non-hydrogen) atoms. The van der Waals surface area contributed by atoms with Crippen LogP contribution in [0.4, 0.5) is 8.78 Å². The predicted molar refractivity (Wildman–Crippen MR) is 50.6 cm³/mol. The Morgan fingerprint density at radius 1 is 1.33 bits per heavy atom. The molecule has 5 heteroatoms. The zero-order chi connectivity index (χ0) is 11.6. The van der Waals surface area contributed by atoms with Gasteiger partial charge in [0.15, 0.2) is 0 Å². The van der Waals surface area contributed by atoms with Gasteiger partial charge in [-0.1, -0.05) is 0 Å². The van der Waals surface area contributed by atoms with Gasteiger partial charge in [-0.2, -0.15) is 0 Å². The highest BCUT2D eigenvalue weighted by molar-refractivity contribution is 5.95. The summed E-state index contributed by atoms with van der Waals surface area (Å²) in [4.78, 5) is 11.3. The van der Waals surface area contributed by atoms with Crippen LogP contribution in [-0.2, 0) is 0 Å². The van der Waals surface area contributed by atoms with Crippen LogP contribution in [0.1, 0.15) is 24.2 Å². The fourth-order valence-electron chi connectivity index (χ4n) is 1.11. The van der Waals surface area contributed by atoms with E-state index in [1.165, 1.54) is 0 Å². The molecule has 0 saturated carbocycles. The average Bonchev–Trinajstić information content (AvgIpc) is 1.99. The summed E-state index contributed by atoms with van der Waals surface area (Å²) in [5.74, 6) is -3.54. The maximum Gasteiger partial charge on any atom is 0.257 e. The van der Waals surface area contributed by atoms with Crippen molar-refractivity contribution < 1.29 is 18.7 Å². The van der Waals surface area contributed by atoms with E-state index in [0.29, 0.717) is 12.1 Å². The number of aromatic hydroxyl groups is 1. The molecule has 1 aromatic carbocycles. The van der Waals surface area contributed by atoms with Crippen LogP contribution in [0.5, 0.6) is 5.75 Å². The van der Waals surface area contributed by atoms with Gasteiger partial charge in [0.1, 0.15) is 22.9 Å². The van der Waals surface area contributed by atoms with E-state index < -0.39 is 28.9 Å². The number of carbonyl (C=O) groups is 1. The molecule has 0 spiro atoms. The molecule has 0 atom stereocenters. The molecule has 82 valence electrons. The predicted octanol–water partition coefficient (Wildman–Crippen LogP) is 1.81. The van der Waals surface area contributed by atoms with Gasteiger partial charge in [-0.15, -0.1) is 0 Å².